The Morgan fingerprint density at radius 3 is 2.55 bits per heavy atom. The molecule has 2 rings (SSSR count). The molecule has 0 radical (unpaired) electrons. The molecule has 0 aromatic carbocycles. The van der Waals surface area contributed by atoms with Crippen molar-refractivity contribution in [3.05, 3.63) is 6.33 Å². The van der Waals surface area contributed by atoms with Gasteiger partial charge in [0.1, 0.15) is 12.8 Å². The third kappa shape index (κ3) is 3.26. The SMILES string of the molecule is CCN(CC)c1nc(N)nc2c1ncn2COC(CO)CO. The maximum absolute atomic E-state index is 9.03. The van der Waals surface area contributed by atoms with Gasteiger partial charge >= 0.3 is 0 Å². The van der Waals surface area contributed by atoms with E-state index in [1.54, 1.807) is 10.9 Å². The minimum atomic E-state index is -0.640. The lowest BCUT2D eigenvalue weighted by Crippen LogP contribution is -2.24. The van der Waals surface area contributed by atoms with Crippen molar-refractivity contribution in [2.24, 2.45) is 0 Å². The molecule has 4 N–H and O–H groups in total. The van der Waals surface area contributed by atoms with Crippen LogP contribution in [-0.4, -0.2) is 62.1 Å². The number of hydrogen-bond donors (Lipinski definition) is 3. The second-order valence-electron chi connectivity index (χ2n) is 4.75. The Hall–Kier alpha value is -1.97. The van der Waals surface area contributed by atoms with E-state index in [1.807, 2.05) is 18.7 Å². The van der Waals surface area contributed by atoms with Gasteiger partial charge in [0, 0.05) is 13.1 Å². The van der Waals surface area contributed by atoms with Crippen molar-refractivity contribution in [2.75, 3.05) is 36.9 Å². The largest absolute Gasteiger partial charge is 0.394 e. The first-order valence-corrected chi connectivity index (χ1v) is 7.21. The summed E-state index contributed by atoms with van der Waals surface area (Å²) in [4.78, 5) is 14.9. The molecule has 0 fully saturated rings. The van der Waals surface area contributed by atoms with Gasteiger partial charge in [-0.15, -0.1) is 0 Å². The summed E-state index contributed by atoms with van der Waals surface area (Å²) in [7, 11) is 0. The Balaban J connectivity index is 2.34. The van der Waals surface area contributed by atoms with E-state index in [9.17, 15) is 0 Å². The van der Waals surface area contributed by atoms with Gasteiger partial charge in [0.2, 0.25) is 5.95 Å². The lowest BCUT2D eigenvalue weighted by Gasteiger charge is -2.20. The molecule has 0 aliphatic carbocycles. The number of aliphatic hydroxyl groups excluding tert-OH is 2. The van der Waals surface area contributed by atoms with Crippen LogP contribution in [0.3, 0.4) is 0 Å². The van der Waals surface area contributed by atoms with Crippen molar-refractivity contribution < 1.29 is 14.9 Å². The number of anilines is 2. The van der Waals surface area contributed by atoms with Crippen LogP contribution in [0.15, 0.2) is 6.33 Å². The number of nitrogens with two attached hydrogens (primary N) is 1. The number of nitrogen functional groups attached to an aromatic ring is 1. The molecule has 0 amide bonds. The van der Waals surface area contributed by atoms with Crippen molar-refractivity contribution in [3.8, 4) is 0 Å². The number of aliphatic hydroxyl groups is 2. The zero-order chi connectivity index (χ0) is 16.1. The Bertz CT molecular complexity index is 609. The molecule has 2 aromatic rings. The van der Waals surface area contributed by atoms with Crippen LogP contribution in [0.1, 0.15) is 13.8 Å². The molecule has 0 aliphatic rings. The predicted molar refractivity (Wildman–Crippen MR) is 82.3 cm³/mol. The van der Waals surface area contributed by atoms with Crippen LogP contribution in [0.25, 0.3) is 11.2 Å². The summed E-state index contributed by atoms with van der Waals surface area (Å²) in [5, 5.41) is 18.1. The third-order valence-corrected chi connectivity index (χ3v) is 3.38. The highest BCUT2D eigenvalue weighted by Crippen LogP contribution is 2.23. The Kier molecular flexibility index (Phi) is 5.47. The van der Waals surface area contributed by atoms with Crippen molar-refractivity contribution in [1.29, 1.82) is 0 Å². The fourth-order valence-electron chi connectivity index (χ4n) is 2.13. The first-order chi connectivity index (χ1) is 10.6. The van der Waals surface area contributed by atoms with E-state index in [0.717, 1.165) is 13.1 Å². The van der Waals surface area contributed by atoms with Crippen LogP contribution < -0.4 is 10.6 Å². The maximum atomic E-state index is 9.03. The van der Waals surface area contributed by atoms with E-state index in [1.165, 1.54) is 0 Å². The summed E-state index contributed by atoms with van der Waals surface area (Å²) >= 11 is 0. The van der Waals surface area contributed by atoms with E-state index < -0.39 is 6.10 Å². The molecule has 0 bridgehead atoms. The summed E-state index contributed by atoms with van der Waals surface area (Å²) in [6, 6.07) is 0. The van der Waals surface area contributed by atoms with Gasteiger partial charge in [-0.25, -0.2) is 4.98 Å². The van der Waals surface area contributed by atoms with Crippen molar-refractivity contribution in [1.82, 2.24) is 19.5 Å². The lowest BCUT2D eigenvalue weighted by molar-refractivity contribution is -0.0488. The fraction of sp³-hybridized carbons (Fsp3) is 0.615. The average Bonchev–Trinajstić information content (AvgIpc) is 2.92. The van der Waals surface area contributed by atoms with Crippen LogP contribution in [0.4, 0.5) is 11.8 Å². The number of nitrogens with zero attached hydrogens (tertiary/aromatic N) is 5. The molecule has 0 aliphatic heterocycles. The zero-order valence-electron chi connectivity index (χ0n) is 12.8. The fourth-order valence-corrected chi connectivity index (χ4v) is 2.13. The van der Waals surface area contributed by atoms with Crippen molar-refractivity contribution in [3.63, 3.8) is 0 Å². The highest BCUT2D eigenvalue weighted by Gasteiger charge is 2.16. The Morgan fingerprint density at radius 1 is 1.27 bits per heavy atom. The molecule has 2 heterocycles. The quantitative estimate of drug-likeness (QED) is 0.601. The summed E-state index contributed by atoms with van der Waals surface area (Å²) in [5.74, 6) is 0.851. The summed E-state index contributed by atoms with van der Waals surface area (Å²) in [6.07, 6.45) is 0.941. The highest BCUT2D eigenvalue weighted by atomic mass is 16.5. The van der Waals surface area contributed by atoms with E-state index in [2.05, 4.69) is 15.0 Å². The molecule has 9 heteroatoms. The smallest absolute Gasteiger partial charge is 0.224 e. The second kappa shape index (κ2) is 7.34. The number of fused-ring (bicyclic) bond motifs is 1. The maximum Gasteiger partial charge on any atom is 0.224 e. The summed E-state index contributed by atoms with van der Waals surface area (Å²) in [5.41, 5.74) is 7.00. The van der Waals surface area contributed by atoms with Gasteiger partial charge in [-0.1, -0.05) is 0 Å². The standard InChI is InChI=1S/C13H22N6O3/c1-3-18(4-2)11-10-12(17-13(14)16-11)19(7-15-10)8-22-9(5-20)6-21/h7,9,20-21H,3-6,8H2,1-2H3,(H2,14,16,17). The van der Waals surface area contributed by atoms with E-state index in [0.29, 0.717) is 17.0 Å². The molecular weight excluding hydrogens is 288 g/mol. The first kappa shape index (κ1) is 16.4. The molecule has 9 nitrogen and oxygen atoms in total. The average molecular weight is 310 g/mol. The molecule has 0 saturated carbocycles. The van der Waals surface area contributed by atoms with Gasteiger partial charge < -0.3 is 25.6 Å². The van der Waals surface area contributed by atoms with Gasteiger partial charge in [0.25, 0.3) is 0 Å². The molecule has 122 valence electrons. The third-order valence-electron chi connectivity index (χ3n) is 3.38. The Labute approximate surface area is 128 Å². The first-order valence-electron chi connectivity index (χ1n) is 7.21. The second-order valence-corrected chi connectivity index (χ2v) is 4.75. The molecule has 0 unspecified atom stereocenters. The normalized spacial score (nSPS) is 11.5. The molecule has 2 aromatic heterocycles. The number of imidazole rings is 1. The number of ether oxygens (including phenoxy) is 1. The molecule has 0 atom stereocenters. The van der Waals surface area contributed by atoms with Crippen LogP contribution >= 0.6 is 0 Å². The van der Waals surface area contributed by atoms with Crippen LogP contribution in [0.5, 0.6) is 0 Å². The monoisotopic (exact) mass is 310 g/mol. The van der Waals surface area contributed by atoms with Gasteiger partial charge in [0.15, 0.2) is 17.0 Å². The van der Waals surface area contributed by atoms with E-state index in [-0.39, 0.29) is 25.9 Å². The van der Waals surface area contributed by atoms with E-state index >= 15 is 0 Å². The molecule has 22 heavy (non-hydrogen) atoms. The van der Waals surface area contributed by atoms with Crippen LogP contribution in [0, 0.1) is 0 Å². The van der Waals surface area contributed by atoms with Gasteiger partial charge in [-0.2, -0.15) is 9.97 Å². The highest BCUT2D eigenvalue weighted by molar-refractivity contribution is 5.84. The molecular formula is C13H22N6O3. The topological polar surface area (TPSA) is 123 Å². The number of hydrogen-bond acceptors (Lipinski definition) is 8. The lowest BCUT2D eigenvalue weighted by atomic mass is 10.4. The zero-order valence-corrected chi connectivity index (χ0v) is 12.8. The minimum absolute atomic E-state index is 0.108. The van der Waals surface area contributed by atoms with Gasteiger partial charge in [-0.05, 0) is 13.8 Å². The molecule has 0 saturated heterocycles. The number of rotatable bonds is 8. The summed E-state index contributed by atoms with van der Waals surface area (Å²) < 4.78 is 7.06. The Morgan fingerprint density at radius 2 is 1.95 bits per heavy atom. The summed E-state index contributed by atoms with van der Waals surface area (Å²) in [6.45, 7) is 5.21. The van der Waals surface area contributed by atoms with Crippen molar-refractivity contribution >= 4 is 22.9 Å². The number of aromatic nitrogens is 4. The van der Waals surface area contributed by atoms with Gasteiger partial charge in [-0.3, -0.25) is 4.57 Å². The van der Waals surface area contributed by atoms with Crippen LogP contribution in [-0.2, 0) is 11.5 Å². The van der Waals surface area contributed by atoms with Crippen molar-refractivity contribution in [2.45, 2.75) is 26.7 Å². The molecule has 0 spiro atoms. The van der Waals surface area contributed by atoms with Gasteiger partial charge in [0.05, 0.1) is 19.5 Å². The minimum Gasteiger partial charge on any atom is -0.394 e. The predicted octanol–water partition coefficient (Wildman–Crippen LogP) is -0.418. The van der Waals surface area contributed by atoms with E-state index in [4.69, 9.17) is 20.7 Å². The van der Waals surface area contributed by atoms with Crippen LogP contribution in [0.2, 0.25) is 0 Å².